The van der Waals surface area contributed by atoms with Crippen LogP contribution in [0.1, 0.15) is 10.4 Å². The number of hydrogen-bond donors (Lipinski definition) is 1. The molecule has 0 heterocycles. The van der Waals surface area contributed by atoms with Crippen LogP contribution in [0.25, 0.3) is 0 Å². The molecule has 2 rings (SSSR count). The van der Waals surface area contributed by atoms with Crippen molar-refractivity contribution in [1.82, 2.24) is 0 Å². The highest BCUT2D eigenvalue weighted by Gasteiger charge is 2.15. The summed E-state index contributed by atoms with van der Waals surface area (Å²) < 4.78 is 20.8. The molecule has 0 aliphatic rings. The largest absolute Gasteiger partial charge is 0.495 e. The third kappa shape index (κ3) is 3.65. The van der Waals surface area contributed by atoms with E-state index in [0.29, 0.717) is 39.3 Å². The number of anilines is 1. The first-order valence-electron chi connectivity index (χ1n) is 6.99. The lowest BCUT2D eigenvalue weighted by Gasteiger charge is -2.14. The molecule has 1 N–H and O–H groups in total. The van der Waals surface area contributed by atoms with Crippen LogP contribution in [-0.4, -0.2) is 34.3 Å². The average molecular weight is 352 g/mol. The summed E-state index contributed by atoms with van der Waals surface area (Å²) in [5, 5.41) is 3.16. The molecule has 0 fully saturated rings. The monoisotopic (exact) mass is 351 g/mol. The highest BCUT2D eigenvalue weighted by molar-refractivity contribution is 6.32. The van der Waals surface area contributed by atoms with Crippen LogP contribution in [0, 0.1) is 0 Å². The maximum Gasteiger partial charge on any atom is 0.255 e. The molecule has 0 radical (unpaired) electrons. The van der Waals surface area contributed by atoms with Gasteiger partial charge in [-0.3, -0.25) is 4.79 Å². The van der Waals surface area contributed by atoms with Gasteiger partial charge < -0.3 is 24.3 Å². The van der Waals surface area contributed by atoms with Gasteiger partial charge in [0.1, 0.15) is 11.5 Å². The number of rotatable bonds is 6. The molecule has 0 spiro atoms. The summed E-state index contributed by atoms with van der Waals surface area (Å²) in [6, 6.07) is 8.06. The number of amides is 1. The van der Waals surface area contributed by atoms with Gasteiger partial charge >= 0.3 is 0 Å². The second kappa shape index (κ2) is 7.79. The zero-order valence-electron chi connectivity index (χ0n) is 13.8. The molecule has 24 heavy (non-hydrogen) atoms. The Bertz CT molecular complexity index is 748. The van der Waals surface area contributed by atoms with Crippen molar-refractivity contribution in [2.24, 2.45) is 0 Å². The van der Waals surface area contributed by atoms with E-state index in [1.54, 1.807) is 30.3 Å². The summed E-state index contributed by atoms with van der Waals surface area (Å²) in [6.07, 6.45) is 0. The molecule has 0 atom stereocenters. The summed E-state index contributed by atoms with van der Waals surface area (Å²) in [6.45, 7) is 0. The van der Waals surface area contributed by atoms with Gasteiger partial charge in [-0.2, -0.15) is 0 Å². The van der Waals surface area contributed by atoms with Gasteiger partial charge in [-0.25, -0.2) is 0 Å². The average Bonchev–Trinajstić information content (AvgIpc) is 2.61. The first kappa shape index (κ1) is 17.7. The van der Waals surface area contributed by atoms with Gasteiger partial charge in [-0.1, -0.05) is 11.6 Å². The van der Waals surface area contributed by atoms with Crippen LogP contribution >= 0.6 is 11.6 Å². The van der Waals surface area contributed by atoms with Crippen molar-refractivity contribution < 1.29 is 23.7 Å². The Labute approximate surface area is 145 Å². The van der Waals surface area contributed by atoms with Crippen LogP contribution in [0.5, 0.6) is 23.0 Å². The molecule has 1 amide bonds. The number of benzene rings is 2. The lowest BCUT2D eigenvalue weighted by Crippen LogP contribution is -2.13. The predicted octanol–water partition coefficient (Wildman–Crippen LogP) is 3.63. The maximum absolute atomic E-state index is 12.5. The molecule has 0 saturated carbocycles. The standard InChI is InChI=1S/C17H18ClNO5/c1-21-13-6-5-10(7-16(13)24-4)17(20)19-12-9-14(22-2)11(18)8-15(12)23-3/h5-9H,1-4H3,(H,19,20). The Balaban J connectivity index is 2.32. The molecular weight excluding hydrogens is 334 g/mol. The van der Waals surface area contributed by atoms with E-state index >= 15 is 0 Å². The number of carbonyl (C=O) groups excluding carboxylic acids is 1. The predicted molar refractivity (Wildman–Crippen MR) is 92.1 cm³/mol. The van der Waals surface area contributed by atoms with Crippen molar-refractivity contribution in [2.45, 2.75) is 0 Å². The SMILES string of the molecule is COc1cc(NC(=O)c2ccc(OC)c(OC)c2)c(OC)cc1Cl. The third-order valence-corrected chi connectivity index (χ3v) is 3.66. The van der Waals surface area contributed by atoms with E-state index in [4.69, 9.17) is 30.5 Å². The van der Waals surface area contributed by atoms with Crippen LogP contribution in [-0.2, 0) is 0 Å². The first-order valence-corrected chi connectivity index (χ1v) is 7.36. The van der Waals surface area contributed by atoms with Crippen molar-refractivity contribution >= 4 is 23.2 Å². The highest BCUT2D eigenvalue weighted by Crippen LogP contribution is 2.36. The Kier molecular flexibility index (Phi) is 5.76. The zero-order valence-corrected chi connectivity index (χ0v) is 14.6. The van der Waals surface area contributed by atoms with Gasteiger partial charge in [-0.15, -0.1) is 0 Å². The second-order valence-electron chi connectivity index (χ2n) is 4.71. The van der Waals surface area contributed by atoms with Crippen molar-refractivity contribution in [3.63, 3.8) is 0 Å². The van der Waals surface area contributed by atoms with Crippen LogP contribution in [0.4, 0.5) is 5.69 Å². The molecule has 0 aliphatic heterocycles. The molecule has 2 aromatic carbocycles. The normalized spacial score (nSPS) is 10.0. The van der Waals surface area contributed by atoms with Crippen LogP contribution < -0.4 is 24.3 Å². The summed E-state index contributed by atoms with van der Waals surface area (Å²) in [4.78, 5) is 12.5. The molecule has 0 aliphatic carbocycles. The fourth-order valence-corrected chi connectivity index (χ4v) is 2.36. The van der Waals surface area contributed by atoms with E-state index in [2.05, 4.69) is 5.32 Å². The molecule has 7 heteroatoms. The summed E-state index contributed by atoms with van der Waals surface area (Å²) in [5.41, 5.74) is 0.849. The number of carbonyl (C=O) groups is 1. The van der Waals surface area contributed by atoms with E-state index < -0.39 is 0 Å². The fraction of sp³-hybridized carbons (Fsp3) is 0.235. The number of nitrogens with one attached hydrogen (secondary N) is 1. The highest BCUT2D eigenvalue weighted by atomic mass is 35.5. The van der Waals surface area contributed by atoms with E-state index in [1.165, 1.54) is 28.4 Å². The van der Waals surface area contributed by atoms with Crippen LogP contribution in [0.15, 0.2) is 30.3 Å². The Morgan fingerprint density at radius 1 is 0.833 bits per heavy atom. The van der Waals surface area contributed by atoms with Crippen LogP contribution in [0.2, 0.25) is 5.02 Å². The van der Waals surface area contributed by atoms with Crippen molar-refractivity contribution in [3.8, 4) is 23.0 Å². The van der Waals surface area contributed by atoms with E-state index in [1.807, 2.05) is 0 Å². The van der Waals surface area contributed by atoms with Gasteiger partial charge in [0, 0.05) is 17.7 Å². The third-order valence-electron chi connectivity index (χ3n) is 3.37. The Morgan fingerprint density at radius 3 is 2.04 bits per heavy atom. The number of hydrogen-bond acceptors (Lipinski definition) is 5. The topological polar surface area (TPSA) is 66.0 Å². The van der Waals surface area contributed by atoms with Gasteiger partial charge in [0.05, 0.1) is 39.1 Å². The molecule has 128 valence electrons. The summed E-state index contributed by atoms with van der Waals surface area (Å²) in [7, 11) is 6.02. The maximum atomic E-state index is 12.5. The van der Waals surface area contributed by atoms with E-state index in [0.717, 1.165) is 0 Å². The zero-order chi connectivity index (χ0) is 17.7. The van der Waals surface area contributed by atoms with Crippen molar-refractivity contribution in [1.29, 1.82) is 0 Å². The van der Waals surface area contributed by atoms with E-state index in [-0.39, 0.29) is 5.91 Å². The first-order chi connectivity index (χ1) is 11.5. The molecule has 0 bridgehead atoms. The minimum Gasteiger partial charge on any atom is -0.495 e. The summed E-state index contributed by atoms with van der Waals surface area (Å²) >= 11 is 6.06. The van der Waals surface area contributed by atoms with E-state index in [9.17, 15) is 4.79 Å². The number of methoxy groups -OCH3 is 4. The summed E-state index contributed by atoms with van der Waals surface area (Å²) in [5.74, 6) is 1.53. The quantitative estimate of drug-likeness (QED) is 0.860. The lowest BCUT2D eigenvalue weighted by atomic mass is 10.1. The molecule has 0 aromatic heterocycles. The van der Waals surface area contributed by atoms with Gasteiger partial charge in [-0.05, 0) is 18.2 Å². The van der Waals surface area contributed by atoms with Gasteiger partial charge in [0.15, 0.2) is 11.5 Å². The van der Waals surface area contributed by atoms with Crippen molar-refractivity contribution in [3.05, 3.63) is 40.9 Å². The smallest absolute Gasteiger partial charge is 0.255 e. The number of ether oxygens (including phenoxy) is 4. The fourth-order valence-electron chi connectivity index (χ4n) is 2.13. The van der Waals surface area contributed by atoms with Crippen LogP contribution in [0.3, 0.4) is 0 Å². The molecular formula is C17H18ClNO5. The molecule has 2 aromatic rings. The Hall–Kier alpha value is -2.60. The molecule has 0 unspecified atom stereocenters. The second-order valence-corrected chi connectivity index (χ2v) is 5.12. The molecule has 0 saturated heterocycles. The molecule has 6 nitrogen and oxygen atoms in total. The minimum absolute atomic E-state index is 0.335. The van der Waals surface area contributed by atoms with Crippen molar-refractivity contribution in [2.75, 3.05) is 33.8 Å². The number of halogens is 1. The Morgan fingerprint density at radius 2 is 1.46 bits per heavy atom. The van der Waals surface area contributed by atoms with Gasteiger partial charge in [0.2, 0.25) is 0 Å². The minimum atomic E-state index is -0.335. The lowest BCUT2D eigenvalue weighted by molar-refractivity contribution is 0.102. The van der Waals surface area contributed by atoms with Gasteiger partial charge in [0.25, 0.3) is 5.91 Å².